The molecule has 1 amide bonds. The normalized spacial score (nSPS) is 9.75. The Hall–Kier alpha value is -1.56. The third-order valence-electron chi connectivity index (χ3n) is 3.33. The zero-order chi connectivity index (χ0) is 15.8. The Labute approximate surface area is 155 Å². The lowest BCUT2D eigenvalue weighted by Crippen LogP contribution is -2.31. The van der Waals surface area contributed by atoms with Crippen LogP contribution >= 0.6 is 24.8 Å². The monoisotopic (exact) mass is 373 g/mol. The second kappa shape index (κ2) is 11.9. The third kappa shape index (κ3) is 7.34. The van der Waals surface area contributed by atoms with E-state index < -0.39 is 0 Å². The van der Waals surface area contributed by atoms with Crippen molar-refractivity contribution >= 4 is 30.7 Å². The molecule has 1 aromatic heterocycles. The van der Waals surface area contributed by atoms with Gasteiger partial charge in [-0.25, -0.2) is 4.98 Å². The number of rotatable bonds is 8. The minimum atomic E-state index is 0. The number of nitrogens with zero attached hydrogens (tertiary/aromatic N) is 1. The molecule has 0 saturated heterocycles. The number of hydrogen-bond acceptors (Lipinski definition) is 4. The standard InChI is InChI=1S/C17H23N3O2.2ClH/c1-3-18-10-11-19-16(21)8-9-17-20-12-15(22-17)14-6-4-13(2)5-7-14;;/h4-7,12,18H,3,8-11H2,1-2H3,(H,19,21);2*1H. The largest absolute Gasteiger partial charge is 0.441 e. The first-order valence-electron chi connectivity index (χ1n) is 7.68. The average Bonchev–Trinajstić information content (AvgIpc) is 2.99. The van der Waals surface area contributed by atoms with Gasteiger partial charge in [-0.3, -0.25) is 4.79 Å². The maximum atomic E-state index is 11.7. The van der Waals surface area contributed by atoms with Crippen molar-refractivity contribution in [3.63, 3.8) is 0 Å². The number of aryl methyl sites for hydroxylation is 2. The number of oxazole rings is 1. The Balaban J connectivity index is 0.00000264. The highest BCUT2D eigenvalue weighted by Crippen LogP contribution is 2.21. The van der Waals surface area contributed by atoms with E-state index in [2.05, 4.69) is 15.6 Å². The number of carbonyl (C=O) groups excluding carboxylic acids is 1. The number of amides is 1. The van der Waals surface area contributed by atoms with Gasteiger partial charge in [-0.05, 0) is 13.5 Å². The van der Waals surface area contributed by atoms with Crippen LogP contribution in [0.15, 0.2) is 34.9 Å². The van der Waals surface area contributed by atoms with Crippen LogP contribution in [0.5, 0.6) is 0 Å². The fourth-order valence-corrected chi connectivity index (χ4v) is 2.05. The summed E-state index contributed by atoms with van der Waals surface area (Å²) >= 11 is 0. The summed E-state index contributed by atoms with van der Waals surface area (Å²) in [5.74, 6) is 1.35. The van der Waals surface area contributed by atoms with Crippen molar-refractivity contribution in [2.24, 2.45) is 0 Å². The molecule has 2 rings (SSSR count). The van der Waals surface area contributed by atoms with E-state index >= 15 is 0 Å². The maximum absolute atomic E-state index is 11.7. The van der Waals surface area contributed by atoms with Crippen LogP contribution in [0, 0.1) is 6.92 Å². The van der Waals surface area contributed by atoms with Gasteiger partial charge in [0.2, 0.25) is 5.91 Å². The van der Waals surface area contributed by atoms with Gasteiger partial charge in [0, 0.05) is 31.5 Å². The molecule has 0 spiro atoms. The van der Waals surface area contributed by atoms with Crippen LogP contribution in [0.3, 0.4) is 0 Å². The van der Waals surface area contributed by atoms with Crippen LogP contribution < -0.4 is 10.6 Å². The Bertz CT molecular complexity index is 600. The van der Waals surface area contributed by atoms with E-state index in [1.54, 1.807) is 6.20 Å². The van der Waals surface area contributed by atoms with Gasteiger partial charge in [-0.1, -0.05) is 36.8 Å². The van der Waals surface area contributed by atoms with Crippen molar-refractivity contribution in [2.45, 2.75) is 26.7 Å². The first-order chi connectivity index (χ1) is 10.7. The van der Waals surface area contributed by atoms with E-state index in [1.807, 2.05) is 38.1 Å². The summed E-state index contributed by atoms with van der Waals surface area (Å²) in [6.45, 7) is 6.43. The molecule has 0 bridgehead atoms. The van der Waals surface area contributed by atoms with Crippen LogP contribution in [0.25, 0.3) is 11.3 Å². The summed E-state index contributed by atoms with van der Waals surface area (Å²) in [7, 11) is 0. The van der Waals surface area contributed by atoms with Crippen LogP contribution in [0.1, 0.15) is 24.8 Å². The number of aromatic nitrogens is 1. The Morgan fingerprint density at radius 2 is 1.88 bits per heavy atom. The minimum absolute atomic E-state index is 0. The highest BCUT2D eigenvalue weighted by molar-refractivity contribution is 5.85. The Morgan fingerprint density at radius 3 is 2.54 bits per heavy atom. The first kappa shape index (κ1) is 22.4. The van der Waals surface area contributed by atoms with Crippen molar-refractivity contribution in [3.05, 3.63) is 41.9 Å². The molecule has 0 atom stereocenters. The van der Waals surface area contributed by atoms with Gasteiger partial charge >= 0.3 is 0 Å². The van der Waals surface area contributed by atoms with Crippen LogP contribution in [0.2, 0.25) is 0 Å². The Kier molecular flexibility index (Phi) is 11.1. The minimum Gasteiger partial charge on any atom is -0.441 e. The van der Waals surface area contributed by atoms with Gasteiger partial charge in [0.25, 0.3) is 0 Å². The first-order valence-corrected chi connectivity index (χ1v) is 7.68. The van der Waals surface area contributed by atoms with E-state index in [0.717, 1.165) is 24.4 Å². The summed E-state index contributed by atoms with van der Waals surface area (Å²) in [6.07, 6.45) is 2.61. The predicted molar refractivity (Wildman–Crippen MR) is 101 cm³/mol. The van der Waals surface area contributed by atoms with Crippen molar-refractivity contribution in [1.82, 2.24) is 15.6 Å². The van der Waals surface area contributed by atoms with E-state index in [1.165, 1.54) is 5.56 Å². The smallest absolute Gasteiger partial charge is 0.220 e. The molecule has 0 aliphatic carbocycles. The second-order valence-electron chi connectivity index (χ2n) is 5.19. The molecule has 0 saturated carbocycles. The average molecular weight is 374 g/mol. The number of nitrogens with one attached hydrogen (secondary N) is 2. The van der Waals surface area contributed by atoms with Crippen LogP contribution in [-0.4, -0.2) is 30.5 Å². The highest BCUT2D eigenvalue weighted by atomic mass is 35.5. The van der Waals surface area contributed by atoms with Crippen molar-refractivity contribution < 1.29 is 9.21 Å². The van der Waals surface area contributed by atoms with Gasteiger partial charge in [0.1, 0.15) is 0 Å². The summed E-state index contributed by atoms with van der Waals surface area (Å²) in [6, 6.07) is 8.09. The van der Waals surface area contributed by atoms with Crippen LogP contribution in [0.4, 0.5) is 0 Å². The number of hydrogen-bond donors (Lipinski definition) is 2. The molecule has 0 aliphatic heterocycles. The maximum Gasteiger partial charge on any atom is 0.220 e. The molecule has 1 aromatic carbocycles. The molecule has 0 radical (unpaired) electrons. The number of halogens is 2. The molecule has 0 unspecified atom stereocenters. The van der Waals surface area contributed by atoms with E-state index in [4.69, 9.17) is 4.42 Å². The number of benzene rings is 1. The predicted octanol–water partition coefficient (Wildman–Crippen LogP) is 3.15. The topological polar surface area (TPSA) is 67.2 Å². The zero-order valence-corrected chi connectivity index (χ0v) is 15.6. The molecule has 1 heterocycles. The second-order valence-corrected chi connectivity index (χ2v) is 5.19. The third-order valence-corrected chi connectivity index (χ3v) is 3.33. The Morgan fingerprint density at radius 1 is 1.17 bits per heavy atom. The number of likely N-dealkylation sites (N-methyl/N-ethyl adjacent to an activating group) is 1. The summed E-state index contributed by atoms with van der Waals surface area (Å²) in [5, 5.41) is 6.02. The van der Waals surface area contributed by atoms with Gasteiger partial charge in [-0.2, -0.15) is 0 Å². The quantitative estimate of drug-likeness (QED) is 0.697. The fourth-order valence-electron chi connectivity index (χ4n) is 2.05. The van der Waals surface area contributed by atoms with Crippen molar-refractivity contribution in [3.8, 4) is 11.3 Å². The number of carbonyl (C=O) groups is 1. The van der Waals surface area contributed by atoms with Gasteiger partial charge in [0.05, 0.1) is 6.20 Å². The molecule has 5 nitrogen and oxygen atoms in total. The summed E-state index contributed by atoms with van der Waals surface area (Å²) < 4.78 is 5.70. The molecule has 0 fully saturated rings. The molecule has 2 aromatic rings. The lowest BCUT2D eigenvalue weighted by molar-refractivity contribution is -0.121. The molecule has 134 valence electrons. The molecular formula is C17H25Cl2N3O2. The molecule has 0 aliphatic rings. The van der Waals surface area contributed by atoms with Gasteiger partial charge in [0.15, 0.2) is 11.7 Å². The van der Waals surface area contributed by atoms with Gasteiger partial charge < -0.3 is 15.1 Å². The SMILES string of the molecule is CCNCCNC(=O)CCc1ncc(-c2ccc(C)cc2)o1.Cl.Cl. The molecule has 7 heteroatoms. The summed E-state index contributed by atoms with van der Waals surface area (Å²) in [4.78, 5) is 15.9. The molecular weight excluding hydrogens is 349 g/mol. The summed E-state index contributed by atoms with van der Waals surface area (Å²) in [5.41, 5.74) is 2.21. The highest BCUT2D eigenvalue weighted by Gasteiger charge is 2.08. The van der Waals surface area contributed by atoms with E-state index in [-0.39, 0.29) is 30.7 Å². The fraction of sp³-hybridized carbons (Fsp3) is 0.412. The zero-order valence-electron chi connectivity index (χ0n) is 14.0. The lowest BCUT2D eigenvalue weighted by Gasteiger charge is -2.04. The van der Waals surface area contributed by atoms with Crippen LogP contribution in [-0.2, 0) is 11.2 Å². The van der Waals surface area contributed by atoms with E-state index in [9.17, 15) is 4.79 Å². The van der Waals surface area contributed by atoms with Gasteiger partial charge in [-0.15, -0.1) is 24.8 Å². The molecule has 2 N–H and O–H groups in total. The van der Waals surface area contributed by atoms with E-state index in [0.29, 0.717) is 25.3 Å². The van der Waals surface area contributed by atoms with Crippen molar-refractivity contribution in [2.75, 3.05) is 19.6 Å². The van der Waals surface area contributed by atoms with Crippen molar-refractivity contribution in [1.29, 1.82) is 0 Å². The lowest BCUT2D eigenvalue weighted by atomic mass is 10.1. The molecule has 24 heavy (non-hydrogen) atoms.